The lowest BCUT2D eigenvalue weighted by Gasteiger charge is -2.24. The zero-order valence-corrected chi connectivity index (χ0v) is 14.0. The van der Waals surface area contributed by atoms with Crippen LogP contribution in [0.3, 0.4) is 0 Å². The highest BCUT2D eigenvalue weighted by Crippen LogP contribution is 2.21. The van der Waals surface area contributed by atoms with E-state index in [0.29, 0.717) is 12.6 Å². The number of rotatable bonds is 6. The van der Waals surface area contributed by atoms with Gasteiger partial charge in [-0.25, -0.2) is 13.1 Å². The summed E-state index contributed by atoms with van der Waals surface area (Å²) >= 11 is 1.71. The molecule has 114 valence electrons. The van der Waals surface area contributed by atoms with Crippen molar-refractivity contribution < 1.29 is 8.42 Å². The van der Waals surface area contributed by atoms with Gasteiger partial charge in [0.25, 0.3) is 0 Å². The van der Waals surface area contributed by atoms with E-state index in [4.69, 9.17) is 0 Å². The van der Waals surface area contributed by atoms with E-state index < -0.39 is 10.0 Å². The second kappa shape index (κ2) is 6.56. The summed E-state index contributed by atoms with van der Waals surface area (Å²) in [6, 6.07) is 2.51. The van der Waals surface area contributed by atoms with Crippen LogP contribution in [0, 0.1) is 0 Å². The van der Waals surface area contributed by atoms with Crippen molar-refractivity contribution in [3.8, 4) is 0 Å². The van der Waals surface area contributed by atoms with E-state index in [1.807, 2.05) is 13.8 Å². The minimum Gasteiger partial charge on any atom is -0.299 e. The average molecular weight is 316 g/mol. The molecular weight excluding hydrogens is 292 g/mol. The van der Waals surface area contributed by atoms with E-state index in [2.05, 4.69) is 33.4 Å². The predicted molar refractivity (Wildman–Crippen MR) is 84.7 cm³/mol. The molecule has 1 N–H and O–H groups in total. The number of nitrogens with one attached hydrogen (secondary N) is 1. The Balaban J connectivity index is 1.91. The molecule has 0 aliphatic carbocycles. The third kappa shape index (κ3) is 4.04. The van der Waals surface area contributed by atoms with E-state index in [1.165, 1.54) is 5.56 Å². The normalized spacial score (nSPS) is 22.5. The molecule has 2 atom stereocenters. The minimum atomic E-state index is -3.18. The van der Waals surface area contributed by atoms with Crippen LogP contribution in [0.2, 0.25) is 0 Å². The standard InChI is InChI=1S/C14H24N2O2S2/c1-11(2)15-20(17,18)14-4-6-16(9-14)12(3)8-13-5-7-19-10-13/h5,7,10-12,14-15H,4,6,8-9H2,1-3H3. The Bertz CT molecular complexity index is 511. The average Bonchev–Trinajstić information content (AvgIpc) is 2.97. The molecule has 0 spiro atoms. The Morgan fingerprint density at radius 1 is 1.45 bits per heavy atom. The first-order chi connectivity index (χ1) is 9.38. The highest BCUT2D eigenvalue weighted by atomic mass is 32.2. The maximum Gasteiger partial charge on any atom is 0.216 e. The summed E-state index contributed by atoms with van der Waals surface area (Å²) in [5.41, 5.74) is 1.34. The summed E-state index contributed by atoms with van der Waals surface area (Å²) in [6.07, 6.45) is 1.73. The summed E-state index contributed by atoms with van der Waals surface area (Å²) in [7, 11) is -3.18. The van der Waals surface area contributed by atoms with Gasteiger partial charge in [0.1, 0.15) is 0 Å². The first-order valence-corrected chi connectivity index (χ1v) is 9.63. The molecule has 1 aliphatic rings. The van der Waals surface area contributed by atoms with Crippen molar-refractivity contribution in [3.05, 3.63) is 22.4 Å². The predicted octanol–water partition coefficient (Wildman–Crippen LogP) is 2.08. The molecule has 1 saturated heterocycles. The number of likely N-dealkylation sites (tertiary alicyclic amines) is 1. The van der Waals surface area contributed by atoms with Crippen LogP contribution in [-0.4, -0.2) is 43.7 Å². The van der Waals surface area contributed by atoms with Crippen LogP contribution >= 0.6 is 11.3 Å². The molecule has 0 saturated carbocycles. The number of hydrogen-bond donors (Lipinski definition) is 1. The summed E-state index contributed by atoms with van der Waals surface area (Å²) < 4.78 is 27.1. The maximum atomic E-state index is 12.2. The van der Waals surface area contributed by atoms with Crippen LogP contribution in [0.4, 0.5) is 0 Å². The van der Waals surface area contributed by atoms with Gasteiger partial charge < -0.3 is 0 Å². The van der Waals surface area contributed by atoms with Crippen molar-refractivity contribution in [1.82, 2.24) is 9.62 Å². The number of sulfonamides is 1. The molecular formula is C14H24N2O2S2. The summed E-state index contributed by atoms with van der Waals surface area (Å²) in [5, 5.41) is 3.99. The lowest BCUT2D eigenvalue weighted by Crippen LogP contribution is -2.41. The van der Waals surface area contributed by atoms with Crippen molar-refractivity contribution in [2.75, 3.05) is 13.1 Å². The van der Waals surface area contributed by atoms with Crippen molar-refractivity contribution >= 4 is 21.4 Å². The summed E-state index contributed by atoms with van der Waals surface area (Å²) in [5.74, 6) is 0. The molecule has 20 heavy (non-hydrogen) atoms. The van der Waals surface area contributed by atoms with E-state index in [0.717, 1.165) is 19.4 Å². The maximum absolute atomic E-state index is 12.2. The van der Waals surface area contributed by atoms with Gasteiger partial charge in [0.15, 0.2) is 0 Å². The van der Waals surface area contributed by atoms with Gasteiger partial charge in [-0.2, -0.15) is 11.3 Å². The molecule has 1 aromatic rings. The highest BCUT2D eigenvalue weighted by Gasteiger charge is 2.34. The van der Waals surface area contributed by atoms with Crippen molar-refractivity contribution in [2.24, 2.45) is 0 Å². The van der Waals surface area contributed by atoms with Crippen molar-refractivity contribution in [1.29, 1.82) is 0 Å². The van der Waals surface area contributed by atoms with Crippen LogP contribution in [0.15, 0.2) is 16.8 Å². The molecule has 2 rings (SSSR count). The van der Waals surface area contributed by atoms with Gasteiger partial charge in [0.2, 0.25) is 10.0 Å². The smallest absolute Gasteiger partial charge is 0.216 e. The third-order valence-electron chi connectivity index (χ3n) is 3.75. The van der Waals surface area contributed by atoms with Crippen molar-refractivity contribution in [3.63, 3.8) is 0 Å². The summed E-state index contributed by atoms with van der Waals surface area (Å²) in [6.45, 7) is 7.43. The second-order valence-electron chi connectivity index (χ2n) is 5.91. The number of thiophene rings is 1. The van der Waals surface area contributed by atoms with Crippen molar-refractivity contribution in [2.45, 2.75) is 50.9 Å². The van der Waals surface area contributed by atoms with Crippen LogP contribution in [0.5, 0.6) is 0 Å². The van der Waals surface area contributed by atoms with Gasteiger partial charge in [-0.1, -0.05) is 0 Å². The second-order valence-corrected chi connectivity index (χ2v) is 8.68. The Morgan fingerprint density at radius 3 is 2.80 bits per heavy atom. The molecule has 6 heteroatoms. The Morgan fingerprint density at radius 2 is 2.20 bits per heavy atom. The first kappa shape index (κ1) is 15.9. The zero-order valence-electron chi connectivity index (χ0n) is 12.4. The Hall–Kier alpha value is -0.430. The molecule has 0 aromatic carbocycles. The Labute approximate surface area is 126 Å². The molecule has 2 unspecified atom stereocenters. The van der Waals surface area contributed by atoms with Crippen LogP contribution in [0.25, 0.3) is 0 Å². The van der Waals surface area contributed by atoms with Crippen LogP contribution in [0.1, 0.15) is 32.8 Å². The van der Waals surface area contributed by atoms with Gasteiger partial charge in [-0.15, -0.1) is 0 Å². The lowest BCUT2D eigenvalue weighted by atomic mass is 10.1. The monoisotopic (exact) mass is 316 g/mol. The van der Waals surface area contributed by atoms with E-state index in [9.17, 15) is 8.42 Å². The first-order valence-electron chi connectivity index (χ1n) is 7.14. The fourth-order valence-electron chi connectivity index (χ4n) is 2.71. The molecule has 1 aliphatic heterocycles. The summed E-state index contributed by atoms with van der Waals surface area (Å²) in [4.78, 5) is 2.29. The minimum absolute atomic E-state index is 0.0303. The van der Waals surface area contributed by atoms with E-state index >= 15 is 0 Å². The molecule has 0 amide bonds. The van der Waals surface area contributed by atoms with Gasteiger partial charge in [-0.3, -0.25) is 4.90 Å². The Kier molecular flexibility index (Phi) is 5.23. The van der Waals surface area contributed by atoms with Gasteiger partial charge in [-0.05, 0) is 62.5 Å². The highest BCUT2D eigenvalue weighted by molar-refractivity contribution is 7.90. The molecule has 1 fully saturated rings. The number of nitrogens with zero attached hydrogens (tertiary/aromatic N) is 1. The van der Waals surface area contributed by atoms with E-state index in [-0.39, 0.29) is 11.3 Å². The molecule has 0 radical (unpaired) electrons. The van der Waals surface area contributed by atoms with Gasteiger partial charge >= 0.3 is 0 Å². The number of hydrogen-bond acceptors (Lipinski definition) is 4. The zero-order chi connectivity index (χ0) is 14.8. The SMILES string of the molecule is CC(C)NS(=O)(=O)C1CCN(C(C)Cc2ccsc2)C1. The molecule has 2 heterocycles. The van der Waals surface area contributed by atoms with Crippen LogP contribution < -0.4 is 4.72 Å². The lowest BCUT2D eigenvalue weighted by molar-refractivity contribution is 0.258. The molecule has 0 bridgehead atoms. The topological polar surface area (TPSA) is 49.4 Å². The quantitative estimate of drug-likeness (QED) is 0.874. The van der Waals surface area contributed by atoms with E-state index in [1.54, 1.807) is 11.3 Å². The fraction of sp³-hybridized carbons (Fsp3) is 0.714. The molecule has 4 nitrogen and oxygen atoms in total. The van der Waals surface area contributed by atoms with Gasteiger partial charge in [0.05, 0.1) is 5.25 Å². The largest absolute Gasteiger partial charge is 0.299 e. The van der Waals surface area contributed by atoms with Crippen LogP contribution in [-0.2, 0) is 16.4 Å². The fourth-order valence-corrected chi connectivity index (χ4v) is 5.05. The third-order valence-corrected chi connectivity index (χ3v) is 6.54. The molecule has 1 aromatic heterocycles. The van der Waals surface area contributed by atoms with Gasteiger partial charge in [0, 0.05) is 18.6 Å².